The molecule has 3 heteroatoms. The van der Waals surface area contributed by atoms with Gasteiger partial charge in [-0.2, -0.15) is 0 Å². The quantitative estimate of drug-likeness (QED) is 0.817. The van der Waals surface area contributed by atoms with E-state index in [2.05, 4.69) is 24.3 Å². The molecule has 3 rings (SSSR count). The average molecular weight is 306 g/mol. The van der Waals surface area contributed by atoms with Crippen molar-refractivity contribution in [2.75, 3.05) is 0 Å². The van der Waals surface area contributed by atoms with Crippen LogP contribution in [-0.4, -0.2) is 0 Å². The normalized spacial score (nSPS) is 16.8. The maximum absolute atomic E-state index is 6.37. The third kappa shape index (κ3) is 2.85. The van der Waals surface area contributed by atoms with Crippen LogP contribution in [-0.2, 0) is 0 Å². The first kappa shape index (κ1) is 13.9. The van der Waals surface area contributed by atoms with E-state index in [1.165, 1.54) is 24.8 Å². The third-order valence-corrected chi connectivity index (χ3v) is 4.53. The maximum Gasteiger partial charge on any atom is 0.0552 e. The SMILES string of the molecule is NC(c1cc(Cl)cc(Cl)c1)c1cccc(C2CCC2)c1. The lowest BCUT2D eigenvalue weighted by Crippen LogP contribution is -2.14. The van der Waals surface area contributed by atoms with Gasteiger partial charge >= 0.3 is 0 Å². The van der Waals surface area contributed by atoms with Crippen LogP contribution in [0.3, 0.4) is 0 Å². The summed E-state index contributed by atoms with van der Waals surface area (Å²) in [5, 5.41) is 1.25. The van der Waals surface area contributed by atoms with Gasteiger partial charge in [-0.3, -0.25) is 0 Å². The molecule has 0 bridgehead atoms. The predicted molar refractivity (Wildman–Crippen MR) is 85.5 cm³/mol. The molecule has 1 saturated carbocycles. The number of benzene rings is 2. The summed E-state index contributed by atoms with van der Waals surface area (Å²) in [5.74, 6) is 0.713. The second kappa shape index (κ2) is 5.77. The number of hydrogen-bond acceptors (Lipinski definition) is 1. The largest absolute Gasteiger partial charge is 0.320 e. The standard InChI is InChI=1S/C17H17Cl2N/c18-15-8-14(9-16(19)10-15)17(20)13-6-2-5-12(7-13)11-3-1-4-11/h2,5-11,17H,1,3-4,20H2. The molecule has 0 radical (unpaired) electrons. The summed E-state index contributed by atoms with van der Waals surface area (Å²) in [6, 6.07) is 13.9. The number of rotatable bonds is 3. The molecule has 1 aliphatic carbocycles. The van der Waals surface area contributed by atoms with Gasteiger partial charge in [-0.15, -0.1) is 0 Å². The first-order valence-electron chi connectivity index (χ1n) is 6.95. The van der Waals surface area contributed by atoms with Crippen molar-refractivity contribution in [2.45, 2.75) is 31.2 Å². The first-order chi connectivity index (χ1) is 9.63. The van der Waals surface area contributed by atoms with Gasteiger partial charge in [-0.25, -0.2) is 0 Å². The van der Waals surface area contributed by atoms with E-state index in [4.69, 9.17) is 28.9 Å². The van der Waals surface area contributed by atoms with E-state index < -0.39 is 0 Å². The van der Waals surface area contributed by atoms with Crippen molar-refractivity contribution in [3.63, 3.8) is 0 Å². The molecule has 2 N–H and O–H groups in total. The summed E-state index contributed by atoms with van der Waals surface area (Å²) in [6.07, 6.45) is 3.92. The molecule has 0 spiro atoms. The van der Waals surface area contributed by atoms with Crippen LogP contribution in [0, 0.1) is 0 Å². The van der Waals surface area contributed by atoms with Crippen LogP contribution in [0.5, 0.6) is 0 Å². The Hall–Kier alpha value is -1.02. The highest BCUT2D eigenvalue weighted by atomic mass is 35.5. The molecular formula is C17H17Cl2N. The molecule has 1 nitrogen and oxygen atoms in total. The van der Waals surface area contributed by atoms with E-state index >= 15 is 0 Å². The molecule has 0 amide bonds. The highest BCUT2D eigenvalue weighted by Gasteiger charge is 2.20. The molecule has 0 aliphatic heterocycles. The Kier molecular flexibility index (Phi) is 4.02. The fourth-order valence-electron chi connectivity index (χ4n) is 2.70. The summed E-state index contributed by atoms with van der Waals surface area (Å²) < 4.78 is 0. The number of nitrogens with two attached hydrogens (primary N) is 1. The van der Waals surface area contributed by atoms with E-state index in [-0.39, 0.29) is 6.04 Å². The zero-order valence-corrected chi connectivity index (χ0v) is 12.7. The van der Waals surface area contributed by atoms with Crippen molar-refractivity contribution in [2.24, 2.45) is 5.73 Å². The van der Waals surface area contributed by atoms with Crippen molar-refractivity contribution >= 4 is 23.2 Å². The van der Waals surface area contributed by atoms with Gasteiger partial charge in [0.05, 0.1) is 6.04 Å². The van der Waals surface area contributed by atoms with Gasteiger partial charge in [-0.1, -0.05) is 53.9 Å². The van der Waals surface area contributed by atoms with Crippen molar-refractivity contribution in [3.05, 3.63) is 69.2 Å². The molecule has 2 aromatic rings. The van der Waals surface area contributed by atoms with Crippen molar-refractivity contribution in [1.82, 2.24) is 0 Å². The summed E-state index contributed by atoms with van der Waals surface area (Å²) in [4.78, 5) is 0. The van der Waals surface area contributed by atoms with Crippen LogP contribution in [0.15, 0.2) is 42.5 Å². The Bertz CT molecular complexity index is 600. The van der Waals surface area contributed by atoms with Crippen LogP contribution in [0.1, 0.15) is 47.9 Å². The molecule has 1 aliphatic rings. The molecule has 1 fully saturated rings. The van der Waals surface area contributed by atoms with Gasteiger partial charge in [0, 0.05) is 10.0 Å². The van der Waals surface area contributed by atoms with Gasteiger partial charge in [0.25, 0.3) is 0 Å². The minimum Gasteiger partial charge on any atom is -0.320 e. The monoisotopic (exact) mass is 305 g/mol. The molecule has 2 aromatic carbocycles. The summed E-state index contributed by atoms with van der Waals surface area (Å²) in [5.41, 5.74) is 9.84. The first-order valence-corrected chi connectivity index (χ1v) is 7.70. The maximum atomic E-state index is 6.37. The summed E-state index contributed by atoms with van der Waals surface area (Å²) >= 11 is 12.1. The molecule has 0 aromatic heterocycles. The van der Waals surface area contributed by atoms with Crippen LogP contribution < -0.4 is 5.73 Å². The lowest BCUT2D eigenvalue weighted by Gasteiger charge is -2.26. The molecule has 1 atom stereocenters. The number of halogens is 2. The van der Waals surface area contributed by atoms with Crippen molar-refractivity contribution < 1.29 is 0 Å². The molecule has 1 unspecified atom stereocenters. The van der Waals surface area contributed by atoms with E-state index in [1.807, 2.05) is 12.1 Å². The van der Waals surface area contributed by atoms with Gasteiger partial charge in [0.15, 0.2) is 0 Å². The van der Waals surface area contributed by atoms with Crippen LogP contribution in [0.25, 0.3) is 0 Å². The minimum atomic E-state index is -0.189. The predicted octanol–water partition coefficient (Wildman–Crippen LogP) is 5.31. The van der Waals surface area contributed by atoms with Crippen LogP contribution in [0.2, 0.25) is 10.0 Å². The topological polar surface area (TPSA) is 26.0 Å². The zero-order chi connectivity index (χ0) is 14.1. The van der Waals surface area contributed by atoms with Crippen LogP contribution >= 0.6 is 23.2 Å². The van der Waals surface area contributed by atoms with Crippen LogP contribution in [0.4, 0.5) is 0 Å². The lowest BCUT2D eigenvalue weighted by atomic mass is 9.79. The second-order valence-electron chi connectivity index (χ2n) is 5.48. The fourth-order valence-corrected chi connectivity index (χ4v) is 3.24. The third-order valence-electron chi connectivity index (χ3n) is 4.09. The summed E-state index contributed by atoms with van der Waals surface area (Å²) in [6.45, 7) is 0. The van der Waals surface area contributed by atoms with Gasteiger partial charge in [0.1, 0.15) is 0 Å². The van der Waals surface area contributed by atoms with Crippen molar-refractivity contribution in [1.29, 1.82) is 0 Å². The highest BCUT2D eigenvalue weighted by Crippen LogP contribution is 2.37. The zero-order valence-electron chi connectivity index (χ0n) is 11.2. The summed E-state index contributed by atoms with van der Waals surface area (Å²) in [7, 11) is 0. The molecular weight excluding hydrogens is 289 g/mol. The second-order valence-corrected chi connectivity index (χ2v) is 6.35. The minimum absolute atomic E-state index is 0.189. The number of hydrogen-bond donors (Lipinski definition) is 1. The Labute approximate surface area is 129 Å². The highest BCUT2D eigenvalue weighted by molar-refractivity contribution is 6.34. The van der Waals surface area contributed by atoms with E-state index in [9.17, 15) is 0 Å². The Morgan fingerprint density at radius 3 is 2.25 bits per heavy atom. The average Bonchev–Trinajstić information content (AvgIpc) is 2.35. The molecule has 0 heterocycles. The fraction of sp³-hybridized carbons (Fsp3) is 0.294. The Morgan fingerprint density at radius 2 is 1.65 bits per heavy atom. The van der Waals surface area contributed by atoms with E-state index in [0.717, 1.165) is 11.1 Å². The lowest BCUT2D eigenvalue weighted by molar-refractivity contribution is 0.419. The van der Waals surface area contributed by atoms with Crippen molar-refractivity contribution in [3.8, 4) is 0 Å². The smallest absolute Gasteiger partial charge is 0.0552 e. The molecule has 104 valence electrons. The Morgan fingerprint density at radius 1 is 0.950 bits per heavy atom. The van der Waals surface area contributed by atoms with Gasteiger partial charge < -0.3 is 5.73 Å². The van der Waals surface area contributed by atoms with E-state index in [0.29, 0.717) is 16.0 Å². The van der Waals surface area contributed by atoms with Gasteiger partial charge in [0.2, 0.25) is 0 Å². The van der Waals surface area contributed by atoms with Gasteiger partial charge in [-0.05, 0) is 53.6 Å². The Balaban J connectivity index is 1.91. The molecule has 0 saturated heterocycles. The van der Waals surface area contributed by atoms with E-state index in [1.54, 1.807) is 6.07 Å². The molecule has 20 heavy (non-hydrogen) atoms.